The largest absolute Gasteiger partial charge is 0.491 e. The van der Waals surface area contributed by atoms with Crippen LogP contribution in [0.5, 0.6) is 11.5 Å². The number of hydrogen-bond donors (Lipinski definition) is 0. The van der Waals surface area contributed by atoms with Crippen molar-refractivity contribution in [2.24, 2.45) is 0 Å². The standard InChI is InChI=1S/C71H71N3O2/c1-9-10-14-56-21-31-62(32-22-56)72(64-40-44-69(45-41-64)75-51(2)3)63-33-23-57(24-34-63)18-19-58-25-35-66(36-26-58)74(71-48-17-53(6)49-55(71)8)67-37-27-59(28-38-67)20-29-60-30-39-68(50-54(60)7)73(61-15-12-11-13-16-61)65-42-46-70(47-43-65)76-52(4)5/h11-13,15-52H,9-10,14H2,1-8H3. The molecule has 0 N–H and O–H groups in total. The van der Waals surface area contributed by atoms with E-state index in [0.29, 0.717) is 0 Å². The first-order valence-electron chi connectivity index (χ1n) is 26.9. The predicted octanol–water partition coefficient (Wildman–Crippen LogP) is 20.3. The molecule has 0 saturated heterocycles. The van der Waals surface area contributed by atoms with Gasteiger partial charge in [-0.05, 0) is 228 Å². The van der Waals surface area contributed by atoms with Crippen LogP contribution < -0.4 is 24.2 Å². The second-order valence-electron chi connectivity index (χ2n) is 20.2. The predicted molar refractivity (Wildman–Crippen MR) is 326 cm³/mol. The summed E-state index contributed by atoms with van der Waals surface area (Å²) in [5, 5.41) is 0. The van der Waals surface area contributed by atoms with E-state index in [0.717, 1.165) is 85.8 Å². The number of aryl methyl sites for hydroxylation is 4. The van der Waals surface area contributed by atoms with E-state index in [-0.39, 0.29) is 12.2 Å². The maximum atomic E-state index is 5.98. The Morgan fingerprint density at radius 1 is 0.382 bits per heavy atom. The highest BCUT2D eigenvalue weighted by atomic mass is 16.5. The Kier molecular flexibility index (Phi) is 17.0. The fourth-order valence-electron chi connectivity index (χ4n) is 9.61. The number of rotatable bonds is 20. The molecule has 0 atom stereocenters. The highest BCUT2D eigenvalue weighted by molar-refractivity contribution is 5.83. The van der Waals surface area contributed by atoms with Crippen LogP contribution in [0.25, 0.3) is 24.3 Å². The van der Waals surface area contributed by atoms with Crippen LogP contribution in [0.1, 0.15) is 92.0 Å². The lowest BCUT2D eigenvalue weighted by Gasteiger charge is -2.27. The van der Waals surface area contributed by atoms with E-state index in [9.17, 15) is 0 Å². The molecule has 5 heteroatoms. The van der Waals surface area contributed by atoms with Gasteiger partial charge in [0.1, 0.15) is 11.5 Å². The lowest BCUT2D eigenvalue weighted by atomic mass is 10.0. The molecule has 0 radical (unpaired) electrons. The van der Waals surface area contributed by atoms with Crippen molar-refractivity contribution in [2.75, 3.05) is 14.7 Å². The zero-order chi connectivity index (χ0) is 53.0. The van der Waals surface area contributed by atoms with Gasteiger partial charge in [-0.3, -0.25) is 0 Å². The van der Waals surface area contributed by atoms with E-state index < -0.39 is 0 Å². The third kappa shape index (κ3) is 13.2. The maximum Gasteiger partial charge on any atom is 0.119 e. The molecule has 0 spiro atoms. The Bertz CT molecular complexity index is 3340. The molecule has 0 aliphatic carbocycles. The van der Waals surface area contributed by atoms with Gasteiger partial charge in [-0.15, -0.1) is 0 Å². The number of nitrogens with zero attached hydrogens (tertiary/aromatic N) is 3. The molecule has 0 saturated carbocycles. The summed E-state index contributed by atoms with van der Waals surface area (Å²) < 4.78 is 11.9. The van der Waals surface area contributed by atoms with E-state index in [2.05, 4.69) is 281 Å². The number of hydrogen-bond acceptors (Lipinski definition) is 5. The topological polar surface area (TPSA) is 28.2 Å². The van der Waals surface area contributed by atoms with E-state index >= 15 is 0 Å². The van der Waals surface area contributed by atoms with Gasteiger partial charge in [0.05, 0.1) is 12.2 Å². The molecule has 76 heavy (non-hydrogen) atoms. The fraction of sp³-hybridized carbons (Fsp3) is 0.183. The van der Waals surface area contributed by atoms with Crippen molar-refractivity contribution >= 4 is 75.5 Å². The zero-order valence-corrected chi connectivity index (χ0v) is 45.5. The second kappa shape index (κ2) is 24.7. The first-order chi connectivity index (χ1) is 37.0. The van der Waals surface area contributed by atoms with Crippen LogP contribution >= 0.6 is 0 Å². The minimum atomic E-state index is 0.119. The molecule has 9 rings (SSSR count). The summed E-state index contributed by atoms with van der Waals surface area (Å²) >= 11 is 0. The molecular weight excluding hydrogens is 927 g/mol. The van der Waals surface area contributed by atoms with Crippen LogP contribution in [-0.4, -0.2) is 12.2 Å². The van der Waals surface area contributed by atoms with E-state index in [1.54, 1.807) is 0 Å². The Morgan fingerprint density at radius 2 is 0.789 bits per heavy atom. The molecule has 382 valence electrons. The van der Waals surface area contributed by atoms with Gasteiger partial charge in [0.25, 0.3) is 0 Å². The molecule has 0 amide bonds. The molecule has 0 unspecified atom stereocenters. The molecule has 5 nitrogen and oxygen atoms in total. The first kappa shape index (κ1) is 52.3. The Balaban J connectivity index is 0.918. The molecule has 0 bridgehead atoms. The monoisotopic (exact) mass is 998 g/mol. The smallest absolute Gasteiger partial charge is 0.119 e. The number of para-hydroxylation sites is 1. The summed E-state index contributed by atoms with van der Waals surface area (Å²) in [7, 11) is 0. The van der Waals surface area contributed by atoms with Gasteiger partial charge >= 0.3 is 0 Å². The third-order valence-corrected chi connectivity index (χ3v) is 13.4. The third-order valence-electron chi connectivity index (χ3n) is 13.4. The number of unbranched alkanes of at least 4 members (excludes halogenated alkanes) is 1. The minimum Gasteiger partial charge on any atom is -0.491 e. The number of ether oxygens (including phenoxy) is 2. The van der Waals surface area contributed by atoms with Gasteiger partial charge in [0.15, 0.2) is 0 Å². The van der Waals surface area contributed by atoms with Crippen LogP contribution in [0.4, 0.5) is 51.2 Å². The summed E-state index contributed by atoms with van der Waals surface area (Å²) in [6.45, 7) is 17.0. The summed E-state index contributed by atoms with van der Waals surface area (Å²) in [6.07, 6.45) is 12.5. The molecule has 0 aliphatic rings. The van der Waals surface area contributed by atoms with Crippen LogP contribution in [0, 0.1) is 20.8 Å². The first-order valence-corrected chi connectivity index (χ1v) is 26.9. The quantitative estimate of drug-likeness (QED) is 0.0710. The van der Waals surface area contributed by atoms with Crippen molar-refractivity contribution in [3.8, 4) is 11.5 Å². The average Bonchev–Trinajstić information content (AvgIpc) is 3.43. The highest BCUT2D eigenvalue weighted by Crippen LogP contribution is 2.40. The van der Waals surface area contributed by atoms with Crippen LogP contribution in [0.2, 0.25) is 0 Å². The average molecular weight is 998 g/mol. The van der Waals surface area contributed by atoms with E-state index in [1.807, 2.05) is 26.0 Å². The molecule has 0 aliphatic heterocycles. The van der Waals surface area contributed by atoms with Gasteiger partial charge in [-0.25, -0.2) is 0 Å². The summed E-state index contributed by atoms with van der Waals surface area (Å²) in [4.78, 5) is 6.96. The highest BCUT2D eigenvalue weighted by Gasteiger charge is 2.17. The van der Waals surface area contributed by atoms with E-state index in [4.69, 9.17) is 9.47 Å². The van der Waals surface area contributed by atoms with Crippen LogP contribution in [0.15, 0.2) is 212 Å². The SMILES string of the molecule is CCCCc1ccc(N(c2ccc(C=Cc3ccc(N(c4ccc(C=Cc5ccc(N(c6ccccc6)c6ccc(OC(C)C)cc6)cc5C)cc4)c4ccc(C)cc4C)cc3)cc2)c2ccc(OC(C)C)cc2)cc1. The zero-order valence-electron chi connectivity index (χ0n) is 45.5. The fourth-order valence-corrected chi connectivity index (χ4v) is 9.61. The Hall–Kier alpha value is -8.54. The number of anilines is 9. The van der Waals surface area contributed by atoms with Gasteiger partial charge in [0.2, 0.25) is 0 Å². The second-order valence-corrected chi connectivity index (χ2v) is 20.2. The van der Waals surface area contributed by atoms with Crippen molar-refractivity contribution in [1.29, 1.82) is 0 Å². The van der Waals surface area contributed by atoms with Gasteiger partial charge in [0, 0.05) is 51.2 Å². The lowest BCUT2D eigenvalue weighted by Crippen LogP contribution is -2.11. The minimum absolute atomic E-state index is 0.119. The molecule has 9 aromatic carbocycles. The van der Waals surface area contributed by atoms with Crippen molar-refractivity contribution in [3.05, 3.63) is 257 Å². The number of benzene rings is 9. The van der Waals surface area contributed by atoms with Crippen molar-refractivity contribution in [3.63, 3.8) is 0 Å². The Morgan fingerprint density at radius 3 is 1.24 bits per heavy atom. The molecule has 9 aromatic rings. The molecule has 0 aromatic heterocycles. The molecule has 0 fully saturated rings. The van der Waals surface area contributed by atoms with Crippen LogP contribution in [-0.2, 0) is 6.42 Å². The maximum absolute atomic E-state index is 5.98. The normalized spacial score (nSPS) is 11.4. The lowest BCUT2D eigenvalue weighted by molar-refractivity contribution is 0.242. The molecule has 0 heterocycles. The van der Waals surface area contributed by atoms with Crippen molar-refractivity contribution < 1.29 is 9.47 Å². The van der Waals surface area contributed by atoms with Gasteiger partial charge in [-0.2, -0.15) is 0 Å². The molecular formula is C71H71N3O2. The van der Waals surface area contributed by atoms with Crippen molar-refractivity contribution in [2.45, 2.75) is 86.9 Å². The van der Waals surface area contributed by atoms with E-state index in [1.165, 1.54) is 40.7 Å². The van der Waals surface area contributed by atoms with Gasteiger partial charge < -0.3 is 24.2 Å². The van der Waals surface area contributed by atoms with Crippen molar-refractivity contribution in [1.82, 2.24) is 0 Å². The van der Waals surface area contributed by atoms with Gasteiger partial charge in [-0.1, -0.05) is 128 Å². The summed E-state index contributed by atoms with van der Waals surface area (Å²) in [5.41, 5.74) is 19.5. The summed E-state index contributed by atoms with van der Waals surface area (Å²) in [5.74, 6) is 1.74. The summed E-state index contributed by atoms with van der Waals surface area (Å²) in [6, 6.07) is 76.2. The van der Waals surface area contributed by atoms with Crippen LogP contribution in [0.3, 0.4) is 0 Å². The Labute approximate surface area is 452 Å².